The molecule has 162 valence electrons. The highest BCUT2D eigenvalue weighted by Gasteiger charge is 2.20. The van der Waals surface area contributed by atoms with Crippen molar-refractivity contribution in [2.75, 3.05) is 13.2 Å². The van der Waals surface area contributed by atoms with Gasteiger partial charge in [0.1, 0.15) is 28.6 Å². The molecule has 0 aliphatic carbocycles. The molecule has 1 aliphatic heterocycles. The first-order valence-electron chi connectivity index (χ1n) is 10.0. The highest BCUT2D eigenvalue weighted by Crippen LogP contribution is 2.25. The highest BCUT2D eigenvalue weighted by molar-refractivity contribution is 6.30. The monoisotopic (exact) mass is 450 g/mol. The van der Waals surface area contributed by atoms with E-state index in [0.717, 1.165) is 12.8 Å². The molecule has 3 aromatic rings. The molecule has 1 saturated heterocycles. The fourth-order valence-corrected chi connectivity index (χ4v) is 3.42. The summed E-state index contributed by atoms with van der Waals surface area (Å²) in [5.41, 5.74) is -0.370. The van der Waals surface area contributed by atoms with Crippen LogP contribution in [0.4, 0.5) is 0 Å². The summed E-state index contributed by atoms with van der Waals surface area (Å²) in [5.74, 6) is -0.223. The average molecular weight is 451 g/mol. The molecule has 0 saturated carbocycles. The zero-order chi connectivity index (χ0) is 22.5. The minimum Gasteiger partial charge on any atom is -0.438 e. The Balaban J connectivity index is 1.72. The number of hydrogen-bond donors (Lipinski definition) is 1. The van der Waals surface area contributed by atoms with Gasteiger partial charge in [0.2, 0.25) is 5.88 Å². The Morgan fingerprint density at radius 1 is 1.34 bits per heavy atom. The Bertz CT molecular complexity index is 1270. The van der Waals surface area contributed by atoms with Crippen molar-refractivity contribution in [1.82, 2.24) is 14.7 Å². The van der Waals surface area contributed by atoms with Crippen molar-refractivity contribution in [3.05, 3.63) is 75.2 Å². The number of benzene rings is 1. The third kappa shape index (κ3) is 4.80. The van der Waals surface area contributed by atoms with Crippen molar-refractivity contribution in [3.8, 4) is 17.7 Å². The second kappa shape index (κ2) is 9.64. The van der Waals surface area contributed by atoms with Crippen LogP contribution in [0.5, 0.6) is 11.6 Å². The zero-order valence-electron chi connectivity index (χ0n) is 17.0. The number of aromatic nitrogens is 2. The van der Waals surface area contributed by atoms with Crippen molar-refractivity contribution in [1.29, 1.82) is 5.26 Å². The van der Waals surface area contributed by atoms with E-state index >= 15 is 0 Å². The maximum Gasteiger partial charge on any atom is 0.269 e. The molecule has 1 amide bonds. The predicted octanol–water partition coefficient (Wildman–Crippen LogP) is 3.34. The lowest BCUT2D eigenvalue weighted by Gasteiger charge is -2.11. The molecule has 1 fully saturated rings. The average Bonchev–Trinajstić information content (AvgIpc) is 3.33. The van der Waals surface area contributed by atoms with Crippen LogP contribution in [-0.2, 0) is 9.53 Å². The molecule has 0 radical (unpaired) electrons. The van der Waals surface area contributed by atoms with Gasteiger partial charge in [-0.3, -0.25) is 14.0 Å². The quantitative estimate of drug-likeness (QED) is 0.456. The van der Waals surface area contributed by atoms with E-state index in [1.54, 1.807) is 48.7 Å². The summed E-state index contributed by atoms with van der Waals surface area (Å²) in [6.45, 7) is 0.952. The highest BCUT2D eigenvalue weighted by atomic mass is 35.5. The molecule has 1 N–H and O–H groups in total. The lowest BCUT2D eigenvalue weighted by atomic mass is 10.1. The van der Waals surface area contributed by atoms with Gasteiger partial charge in [-0.15, -0.1) is 0 Å². The molecule has 4 rings (SSSR count). The Hall–Kier alpha value is -3.67. The summed E-state index contributed by atoms with van der Waals surface area (Å²) < 4.78 is 12.6. The van der Waals surface area contributed by atoms with Crippen LogP contribution in [0.3, 0.4) is 0 Å². The summed E-state index contributed by atoms with van der Waals surface area (Å²) in [6, 6.07) is 13.5. The van der Waals surface area contributed by atoms with Crippen molar-refractivity contribution in [2.45, 2.75) is 18.9 Å². The molecule has 1 unspecified atom stereocenters. The zero-order valence-corrected chi connectivity index (χ0v) is 17.7. The largest absolute Gasteiger partial charge is 0.438 e. The topological polar surface area (TPSA) is 106 Å². The van der Waals surface area contributed by atoms with E-state index in [-0.39, 0.29) is 23.1 Å². The van der Waals surface area contributed by atoms with Gasteiger partial charge in [-0.05, 0) is 55.3 Å². The molecule has 0 spiro atoms. The van der Waals surface area contributed by atoms with Crippen molar-refractivity contribution in [2.24, 2.45) is 0 Å². The summed E-state index contributed by atoms with van der Waals surface area (Å²) in [4.78, 5) is 30.1. The first-order valence-corrected chi connectivity index (χ1v) is 10.4. The van der Waals surface area contributed by atoms with Crippen molar-refractivity contribution < 1.29 is 14.3 Å². The van der Waals surface area contributed by atoms with Crippen LogP contribution in [0, 0.1) is 11.3 Å². The molecular weight excluding hydrogens is 432 g/mol. The second-order valence-electron chi connectivity index (χ2n) is 7.14. The van der Waals surface area contributed by atoms with Crippen molar-refractivity contribution in [3.63, 3.8) is 0 Å². The number of carbonyl (C=O) groups is 1. The summed E-state index contributed by atoms with van der Waals surface area (Å²) in [6.07, 6.45) is 4.46. The van der Waals surface area contributed by atoms with E-state index in [0.29, 0.717) is 29.6 Å². The van der Waals surface area contributed by atoms with Crippen molar-refractivity contribution >= 4 is 29.2 Å². The first kappa shape index (κ1) is 21.6. The fourth-order valence-electron chi connectivity index (χ4n) is 3.30. The molecule has 1 aromatic carbocycles. The molecule has 1 aliphatic rings. The molecule has 2 aromatic heterocycles. The smallest absolute Gasteiger partial charge is 0.269 e. The Labute approximate surface area is 188 Å². The summed E-state index contributed by atoms with van der Waals surface area (Å²) >= 11 is 5.93. The lowest BCUT2D eigenvalue weighted by Crippen LogP contribution is -2.32. The number of hydrogen-bond acceptors (Lipinski definition) is 6. The third-order valence-electron chi connectivity index (χ3n) is 4.93. The number of rotatable bonds is 6. The molecule has 3 heterocycles. The third-order valence-corrected chi connectivity index (χ3v) is 5.18. The molecule has 32 heavy (non-hydrogen) atoms. The van der Waals surface area contributed by atoms with Gasteiger partial charge < -0.3 is 14.8 Å². The van der Waals surface area contributed by atoms with E-state index in [1.807, 2.05) is 6.07 Å². The molecule has 1 atom stereocenters. The maximum atomic E-state index is 13.2. The predicted molar refractivity (Wildman–Crippen MR) is 119 cm³/mol. The SMILES string of the molecule is N#C/C(=C\c1c(Oc2ccc(Cl)cc2)nc2ccccn2c1=O)C(=O)NCC1CCCO1. The van der Waals surface area contributed by atoms with Crippen LogP contribution < -0.4 is 15.6 Å². The van der Waals surface area contributed by atoms with Crippen LogP contribution in [0.15, 0.2) is 59.0 Å². The summed E-state index contributed by atoms with van der Waals surface area (Å²) in [7, 11) is 0. The van der Waals surface area contributed by atoms with Crippen LogP contribution >= 0.6 is 11.6 Å². The lowest BCUT2D eigenvalue weighted by molar-refractivity contribution is -0.117. The van der Waals surface area contributed by atoms with E-state index in [9.17, 15) is 14.9 Å². The number of carbonyl (C=O) groups excluding carboxylic acids is 1. The standard InChI is InChI=1S/C23H19ClN4O4/c24-16-6-8-17(9-7-16)32-22-19(23(30)28-10-2-1-5-20(28)27-22)12-15(13-25)21(29)26-14-18-4-3-11-31-18/h1-2,5-10,12,18H,3-4,11,14H2,(H,26,29)/b15-12+. The number of fused-ring (bicyclic) bond motifs is 1. The van der Waals surface area contributed by atoms with Crippen LogP contribution in [0.2, 0.25) is 5.02 Å². The van der Waals surface area contributed by atoms with Crippen LogP contribution in [-0.4, -0.2) is 34.5 Å². The van der Waals surface area contributed by atoms with E-state index in [1.165, 1.54) is 10.5 Å². The number of ether oxygens (including phenoxy) is 2. The van der Waals surface area contributed by atoms with Gasteiger partial charge in [-0.25, -0.2) is 0 Å². The minimum absolute atomic E-state index is 0.0209. The number of nitriles is 1. The Morgan fingerprint density at radius 3 is 2.88 bits per heavy atom. The number of pyridine rings is 1. The van der Waals surface area contributed by atoms with Gasteiger partial charge in [0.05, 0.1) is 6.10 Å². The van der Waals surface area contributed by atoms with Gasteiger partial charge in [0, 0.05) is 24.4 Å². The molecule has 9 heteroatoms. The molecule has 8 nitrogen and oxygen atoms in total. The summed E-state index contributed by atoms with van der Waals surface area (Å²) in [5, 5.41) is 12.8. The van der Waals surface area contributed by atoms with E-state index < -0.39 is 11.5 Å². The number of halogens is 1. The number of amides is 1. The van der Waals surface area contributed by atoms with Gasteiger partial charge >= 0.3 is 0 Å². The van der Waals surface area contributed by atoms with Crippen LogP contribution in [0.1, 0.15) is 18.4 Å². The second-order valence-corrected chi connectivity index (χ2v) is 7.57. The number of nitrogens with one attached hydrogen (secondary N) is 1. The number of nitrogens with zero attached hydrogens (tertiary/aromatic N) is 3. The van der Waals surface area contributed by atoms with Gasteiger partial charge in [-0.2, -0.15) is 10.2 Å². The van der Waals surface area contributed by atoms with Gasteiger partial charge in [-0.1, -0.05) is 17.7 Å². The maximum absolute atomic E-state index is 13.2. The molecular formula is C23H19ClN4O4. The first-order chi connectivity index (χ1) is 15.5. The normalized spacial score (nSPS) is 16.0. The van der Waals surface area contributed by atoms with Gasteiger partial charge in [0.25, 0.3) is 11.5 Å². The van der Waals surface area contributed by atoms with Crippen LogP contribution in [0.25, 0.3) is 11.7 Å². The van der Waals surface area contributed by atoms with E-state index in [2.05, 4.69) is 10.3 Å². The fraction of sp³-hybridized carbons (Fsp3) is 0.217. The minimum atomic E-state index is -0.599. The van der Waals surface area contributed by atoms with Gasteiger partial charge in [0.15, 0.2) is 0 Å². The molecule has 0 bridgehead atoms. The Kier molecular flexibility index (Phi) is 6.50. The van der Waals surface area contributed by atoms with E-state index in [4.69, 9.17) is 21.1 Å². The Morgan fingerprint density at radius 2 is 2.16 bits per heavy atom.